The number of rotatable bonds is 5. The van der Waals surface area contributed by atoms with Gasteiger partial charge in [0.2, 0.25) is 0 Å². The van der Waals surface area contributed by atoms with E-state index >= 15 is 0 Å². The van der Waals surface area contributed by atoms with E-state index in [2.05, 4.69) is 15.4 Å². The van der Waals surface area contributed by atoms with E-state index in [0.29, 0.717) is 10.6 Å². The summed E-state index contributed by atoms with van der Waals surface area (Å²) in [5, 5.41) is 9.34. The molecule has 1 aliphatic rings. The summed E-state index contributed by atoms with van der Waals surface area (Å²) >= 11 is 6.09. The van der Waals surface area contributed by atoms with Gasteiger partial charge in [0.05, 0.1) is 33.7 Å². The third-order valence-corrected chi connectivity index (χ3v) is 5.30. The number of aryl methyl sites for hydroxylation is 1. The zero-order valence-electron chi connectivity index (χ0n) is 16.2. The Balaban J connectivity index is 1.64. The zero-order chi connectivity index (χ0) is 20.2. The van der Waals surface area contributed by atoms with Gasteiger partial charge in [0.1, 0.15) is 5.82 Å². The largest absolute Gasteiger partial charge is 0.356 e. The summed E-state index contributed by atoms with van der Waals surface area (Å²) in [6, 6.07) is 17.0. The number of hydrogen-bond acceptors (Lipinski definition) is 4. The number of hydrazone groups is 1. The number of nitrogens with zero attached hydrogens (tertiary/aromatic N) is 4. The van der Waals surface area contributed by atoms with Crippen LogP contribution in [0.25, 0.3) is 5.69 Å². The monoisotopic (exact) mass is 407 g/mol. The molecule has 7 heteroatoms. The molecule has 1 aliphatic heterocycles. The van der Waals surface area contributed by atoms with Crippen LogP contribution < -0.4 is 10.3 Å². The fraction of sp³-hybridized carbons (Fsp3) is 0.227. The summed E-state index contributed by atoms with van der Waals surface area (Å²) in [7, 11) is 0. The van der Waals surface area contributed by atoms with Crippen LogP contribution in [0.3, 0.4) is 0 Å². The van der Waals surface area contributed by atoms with Gasteiger partial charge in [-0.1, -0.05) is 41.9 Å². The molecule has 1 amide bonds. The molecule has 0 unspecified atom stereocenters. The third kappa shape index (κ3) is 4.03. The lowest BCUT2D eigenvalue weighted by Gasteiger charge is -2.20. The Morgan fingerprint density at radius 3 is 2.52 bits per heavy atom. The minimum Gasteiger partial charge on any atom is -0.356 e. The highest BCUT2D eigenvalue weighted by Crippen LogP contribution is 2.29. The molecule has 1 saturated heterocycles. The van der Waals surface area contributed by atoms with Crippen LogP contribution in [0.2, 0.25) is 5.02 Å². The minimum atomic E-state index is -0.345. The van der Waals surface area contributed by atoms with Gasteiger partial charge in [0, 0.05) is 13.1 Å². The quantitative estimate of drug-likeness (QED) is 0.509. The molecule has 29 heavy (non-hydrogen) atoms. The molecule has 0 spiro atoms. The van der Waals surface area contributed by atoms with Gasteiger partial charge in [-0.15, -0.1) is 0 Å². The highest BCUT2D eigenvalue weighted by atomic mass is 35.5. The maximum atomic E-state index is 12.4. The molecule has 1 fully saturated rings. The van der Waals surface area contributed by atoms with Crippen molar-refractivity contribution < 1.29 is 4.79 Å². The highest BCUT2D eigenvalue weighted by Gasteiger charge is 2.23. The van der Waals surface area contributed by atoms with Crippen molar-refractivity contribution in [3.63, 3.8) is 0 Å². The molecule has 0 bridgehead atoms. The zero-order valence-corrected chi connectivity index (χ0v) is 16.9. The number of nitrogens with one attached hydrogen (secondary N) is 1. The van der Waals surface area contributed by atoms with Gasteiger partial charge in [-0.25, -0.2) is 10.1 Å². The number of carbonyl (C=O) groups is 1. The Hall–Kier alpha value is -3.12. The van der Waals surface area contributed by atoms with Gasteiger partial charge in [-0.3, -0.25) is 4.79 Å². The summed E-state index contributed by atoms with van der Waals surface area (Å²) < 4.78 is 1.96. The number of anilines is 1. The first-order valence-electron chi connectivity index (χ1n) is 9.63. The molecule has 1 N–H and O–H groups in total. The molecule has 3 aromatic rings. The predicted molar refractivity (Wildman–Crippen MR) is 116 cm³/mol. The van der Waals surface area contributed by atoms with Crippen LogP contribution in [0, 0.1) is 6.92 Å². The number of halogens is 1. The Labute approximate surface area is 174 Å². The molecule has 0 saturated carbocycles. The van der Waals surface area contributed by atoms with E-state index in [1.165, 1.54) is 0 Å². The van der Waals surface area contributed by atoms with Crippen molar-refractivity contribution >= 4 is 29.5 Å². The number of para-hydroxylation sites is 1. The van der Waals surface area contributed by atoms with E-state index < -0.39 is 0 Å². The highest BCUT2D eigenvalue weighted by molar-refractivity contribution is 6.33. The first-order chi connectivity index (χ1) is 14.1. The maximum Gasteiger partial charge on any atom is 0.272 e. The molecular weight excluding hydrogens is 386 g/mol. The molecule has 2 aromatic carbocycles. The van der Waals surface area contributed by atoms with Gasteiger partial charge in [-0.05, 0) is 44.0 Å². The topological polar surface area (TPSA) is 62.5 Å². The molecule has 0 radical (unpaired) electrons. The maximum absolute atomic E-state index is 12.4. The second-order valence-electron chi connectivity index (χ2n) is 6.94. The average molecular weight is 408 g/mol. The van der Waals surface area contributed by atoms with E-state index in [1.54, 1.807) is 30.5 Å². The molecule has 6 nitrogen and oxygen atoms in total. The van der Waals surface area contributed by atoms with E-state index in [0.717, 1.165) is 48.7 Å². The number of hydrogen-bond donors (Lipinski definition) is 1. The fourth-order valence-corrected chi connectivity index (χ4v) is 3.74. The summed E-state index contributed by atoms with van der Waals surface area (Å²) in [6.07, 6.45) is 3.97. The van der Waals surface area contributed by atoms with Gasteiger partial charge in [0.15, 0.2) is 0 Å². The van der Waals surface area contributed by atoms with Gasteiger partial charge in [0.25, 0.3) is 5.91 Å². The first kappa shape index (κ1) is 19.2. The Morgan fingerprint density at radius 2 is 1.79 bits per heavy atom. The van der Waals surface area contributed by atoms with Crippen LogP contribution in [0.4, 0.5) is 5.82 Å². The van der Waals surface area contributed by atoms with Crippen LogP contribution in [0.15, 0.2) is 59.7 Å². The Morgan fingerprint density at radius 1 is 1.10 bits per heavy atom. The number of carbonyl (C=O) groups excluding carboxylic acids is 1. The van der Waals surface area contributed by atoms with Crippen molar-refractivity contribution in [1.82, 2.24) is 15.2 Å². The van der Waals surface area contributed by atoms with Crippen LogP contribution >= 0.6 is 11.6 Å². The molecule has 0 atom stereocenters. The summed E-state index contributed by atoms with van der Waals surface area (Å²) in [5.41, 5.74) is 5.71. The lowest BCUT2D eigenvalue weighted by atomic mass is 10.2. The van der Waals surface area contributed by atoms with E-state index in [1.807, 2.05) is 41.9 Å². The standard InChI is InChI=1S/C22H22ClN5O/c1-16-19(15-24-25-21(29)18-11-5-6-12-20(18)23)22(27-13-7-8-14-27)28(26-16)17-9-3-2-4-10-17/h2-6,9-12,15H,7-8,13-14H2,1H3,(H,25,29)/b24-15-. The van der Waals surface area contributed by atoms with Crippen LogP contribution in [0.5, 0.6) is 0 Å². The van der Waals surface area contributed by atoms with Crippen molar-refractivity contribution in [3.05, 3.63) is 76.4 Å². The van der Waals surface area contributed by atoms with E-state index in [9.17, 15) is 4.79 Å². The lowest BCUT2D eigenvalue weighted by Crippen LogP contribution is -2.23. The molecule has 1 aromatic heterocycles. The van der Waals surface area contributed by atoms with Crippen LogP contribution in [-0.2, 0) is 0 Å². The van der Waals surface area contributed by atoms with Crippen LogP contribution in [-0.4, -0.2) is 35.0 Å². The summed E-state index contributed by atoms with van der Waals surface area (Å²) in [5.74, 6) is 0.657. The van der Waals surface area contributed by atoms with Crippen molar-refractivity contribution in [3.8, 4) is 5.69 Å². The van der Waals surface area contributed by atoms with E-state index in [-0.39, 0.29) is 5.91 Å². The van der Waals surface area contributed by atoms with Crippen molar-refractivity contribution in [2.24, 2.45) is 5.10 Å². The molecular formula is C22H22ClN5O. The second-order valence-corrected chi connectivity index (χ2v) is 7.35. The number of amides is 1. The van der Waals surface area contributed by atoms with Crippen LogP contribution in [0.1, 0.15) is 34.5 Å². The number of aromatic nitrogens is 2. The van der Waals surface area contributed by atoms with Gasteiger partial charge < -0.3 is 4.90 Å². The minimum absolute atomic E-state index is 0.345. The second kappa shape index (κ2) is 8.49. The van der Waals surface area contributed by atoms with E-state index in [4.69, 9.17) is 16.7 Å². The number of benzene rings is 2. The molecule has 0 aliphatic carbocycles. The smallest absolute Gasteiger partial charge is 0.272 e. The Bertz CT molecular complexity index is 1040. The normalized spacial score (nSPS) is 13.9. The fourth-order valence-electron chi connectivity index (χ4n) is 3.52. The SMILES string of the molecule is Cc1nn(-c2ccccc2)c(N2CCCC2)c1/C=N\NC(=O)c1ccccc1Cl. The molecule has 148 valence electrons. The van der Waals surface area contributed by atoms with Gasteiger partial charge in [-0.2, -0.15) is 10.2 Å². The Kier molecular flexibility index (Phi) is 5.62. The van der Waals surface area contributed by atoms with Crippen molar-refractivity contribution in [1.29, 1.82) is 0 Å². The van der Waals surface area contributed by atoms with Gasteiger partial charge >= 0.3 is 0 Å². The average Bonchev–Trinajstić information content (AvgIpc) is 3.37. The summed E-state index contributed by atoms with van der Waals surface area (Å²) in [4.78, 5) is 14.7. The predicted octanol–water partition coefficient (Wildman–Crippen LogP) is 4.20. The molecule has 4 rings (SSSR count). The summed E-state index contributed by atoms with van der Waals surface area (Å²) in [6.45, 7) is 3.91. The molecule has 2 heterocycles. The first-order valence-corrected chi connectivity index (χ1v) is 10.0. The third-order valence-electron chi connectivity index (χ3n) is 4.97. The van der Waals surface area contributed by atoms with Crippen molar-refractivity contribution in [2.75, 3.05) is 18.0 Å². The van der Waals surface area contributed by atoms with Crippen molar-refractivity contribution in [2.45, 2.75) is 19.8 Å². The lowest BCUT2D eigenvalue weighted by molar-refractivity contribution is 0.0955.